The van der Waals surface area contributed by atoms with E-state index in [1.165, 1.54) is 17.5 Å². The molecule has 0 aliphatic heterocycles. The van der Waals surface area contributed by atoms with Crippen molar-refractivity contribution in [3.05, 3.63) is 35.4 Å². The lowest BCUT2D eigenvalue weighted by molar-refractivity contribution is 0.0640. The molecule has 0 saturated heterocycles. The molecule has 64 valence electrons. The normalized spacial score (nSPS) is 20.9. The van der Waals surface area contributed by atoms with Gasteiger partial charge in [0.25, 0.3) is 0 Å². The van der Waals surface area contributed by atoms with E-state index in [-0.39, 0.29) is 0 Å². The van der Waals surface area contributed by atoms with Gasteiger partial charge in [-0.2, -0.15) is 0 Å². The minimum atomic E-state index is 0.367. The SMILES string of the molecule is CCOC1CCc2ccccc21. The molecule has 1 unspecified atom stereocenters. The number of ether oxygens (including phenoxy) is 1. The summed E-state index contributed by atoms with van der Waals surface area (Å²) < 4.78 is 5.63. The van der Waals surface area contributed by atoms with Crippen LogP contribution in [0.2, 0.25) is 0 Å². The molecule has 1 aliphatic carbocycles. The lowest BCUT2D eigenvalue weighted by Crippen LogP contribution is -1.98. The summed E-state index contributed by atoms with van der Waals surface area (Å²) in [5.41, 5.74) is 2.87. The van der Waals surface area contributed by atoms with Gasteiger partial charge in [0, 0.05) is 6.61 Å². The van der Waals surface area contributed by atoms with Gasteiger partial charge in [0.1, 0.15) is 0 Å². The zero-order valence-corrected chi connectivity index (χ0v) is 7.42. The van der Waals surface area contributed by atoms with E-state index < -0.39 is 0 Å². The Morgan fingerprint density at radius 3 is 3.08 bits per heavy atom. The molecule has 0 radical (unpaired) electrons. The Morgan fingerprint density at radius 2 is 2.25 bits per heavy atom. The van der Waals surface area contributed by atoms with Crippen molar-refractivity contribution in [2.24, 2.45) is 0 Å². The maximum absolute atomic E-state index is 5.63. The number of benzene rings is 1. The average molecular weight is 162 g/mol. The summed E-state index contributed by atoms with van der Waals surface area (Å²) in [5, 5.41) is 0. The van der Waals surface area contributed by atoms with Gasteiger partial charge in [0.15, 0.2) is 0 Å². The fourth-order valence-electron chi connectivity index (χ4n) is 1.89. The highest BCUT2D eigenvalue weighted by Gasteiger charge is 2.21. The molecule has 0 saturated carbocycles. The van der Waals surface area contributed by atoms with Crippen LogP contribution < -0.4 is 0 Å². The third kappa shape index (κ3) is 1.25. The number of aryl methyl sites for hydroxylation is 1. The first kappa shape index (κ1) is 7.81. The van der Waals surface area contributed by atoms with Crippen molar-refractivity contribution in [3.8, 4) is 0 Å². The minimum absolute atomic E-state index is 0.367. The van der Waals surface area contributed by atoms with Gasteiger partial charge in [-0.05, 0) is 30.9 Å². The van der Waals surface area contributed by atoms with Gasteiger partial charge < -0.3 is 4.74 Å². The van der Waals surface area contributed by atoms with E-state index in [0.29, 0.717) is 6.10 Å². The molecule has 1 atom stereocenters. The van der Waals surface area contributed by atoms with Gasteiger partial charge in [-0.3, -0.25) is 0 Å². The summed E-state index contributed by atoms with van der Waals surface area (Å²) in [6.07, 6.45) is 2.71. The monoisotopic (exact) mass is 162 g/mol. The second-order valence-corrected chi connectivity index (χ2v) is 3.18. The number of fused-ring (bicyclic) bond motifs is 1. The summed E-state index contributed by atoms with van der Waals surface area (Å²) in [6.45, 7) is 2.87. The molecule has 0 aromatic heterocycles. The van der Waals surface area contributed by atoms with E-state index in [1.807, 2.05) is 0 Å². The van der Waals surface area contributed by atoms with Crippen LogP contribution in [0, 0.1) is 0 Å². The number of hydrogen-bond donors (Lipinski definition) is 0. The number of hydrogen-bond acceptors (Lipinski definition) is 1. The first-order valence-corrected chi connectivity index (χ1v) is 4.61. The molecular formula is C11H14O. The van der Waals surface area contributed by atoms with Gasteiger partial charge in [-0.1, -0.05) is 24.3 Å². The maximum Gasteiger partial charge on any atom is 0.0830 e. The van der Waals surface area contributed by atoms with Gasteiger partial charge in [-0.15, -0.1) is 0 Å². The fourth-order valence-corrected chi connectivity index (χ4v) is 1.89. The summed E-state index contributed by atoms with van der Waals surface area (Å²) in [6, 6.07) is 8.58. The van der Waals surface area contributed by atoms with Crippen molar-refractivity contribution in [1.29, 1.82) is 0 Å². The smallest absolute Gasteiger partial charge is 0.0830 e. The molecule has 0 spiro atoms. The van der Waals surface area contributed by atoms with Crippen molar-refractivity contribution in [2.45, 2.75) is 25.9 Å². The molecule has 1 heteroatoms. The third-order valence-corrected chi connectivity index (χ3v) is 2.45. The van der Waals surface area contributed by atoms with Crippen molar-refractivity contribution in [3.63, 3.8) is 0 Å². The van der Waals surface area contributed by atoms with E-state index in [4.69, 9.17) is 4.74 Å². The molecule has 0 amide bonds. The first-order chi connectivity index (χ1) is 5.92. The molecule has 1 aliphatic rings. The summed E-state index contributed by atoms with van der Waals surface area (Å²) in [5.74, 6) is 0. The highest BCUT2D eigenvalue weighted by atomic mass is 16.5. The molecule has 0 heterocycles. The topological polar surface area (TPSA) is 9.23 Å². The van der Waals surface area contributed by atoms with Crippen LogP contribution in [0.15, 0.2) is 24.3 Å². The predicted octanol–water partition coefficient (Wildman–Crippen LogP) is 2.71. The van der Waals surface area contributed by atoms with Crippen LogP contribution in [0.5, 0.6) is 0 Å². The Balaban J connectivity index is 2.24. The summed E-state index contributed by atoms with van der Waals surface area (Å²) in [4.78, 5) is 0. The van der Waals surface area contributed by atoms with E-state index in [2.05, 4.69) is 31.2 Å². The highest BCUT2D eigenvalue weighted by Crippen LogP contribution is 2.33. The molecule has 1 nitrogen and oxygen atoms in total. The molecule has 12 heavy (non-hydrogen) atoms. The lowest BCUT2D eigenvalue weighted by Gasteiger charge is -2.10. The van der Waals surface area contributed by atoms with Gasteiger partial charge >= 0.3 is 0 Å². The molecule has 1 aromatic rings. The molecule has 2 rings (SSSR count). The van der Waals surface area contributed by atoms with Crippen LogP contribution in [0.3, 0.4) is 0 Å². The standard InChI is InChI=1S/C11H14O/c1-2-12-11-8-7-9-5-3-4-6-10(9)11/h3-6,11H,2,7-8H2,1H3. The predicted molar refractivity (Wildman–Crippen MR) is 49.1 cm³/mol. The van der Waals surface area contributed by atoms with E-state index in [9.17, 15) is 0 Å². The average Bonchev–Trinajstić information content (AvgIpc) is 2.50. The van der Waals surface area contributed by atoms with Crippen LogP contribution in [0.1, 0.15) is 30.6 Å². The van der Waals surface area contributed by atoms with Crippen molar-refractivity contribution in [1.82, 2.24) is 0 Å². The number of rotatable bonds is 2. The van der Waals surface area contributed by atoms with Crippen LogP contribution >= 0.6 is 0 Å². The Labute approximate surface area is 73.4 Å². The third-order valence-electron chi connectivity index (χ3n) is 2.45. The van der Waals surface area contributed by atoms with Crippen LogP contribution in [-0.2, 0) is 11.2 Å². The first-order valence-electron chi connectivity index (χ1n) is 4.61. The van der Waals surface area contributed by atoms with Crippen molar-refractivity contribution >= 4 is 0 Å². The van der Waals surface area contributed by atoms with E-state index in [1.54, 1.807) is 0 Å². The van der Waals surface area contributed by atoms with Crippen molar-refractivity contribution < 1.29 is 4.74 Å². The second-order valence-electron chi connectivity index (χ2n) is 3.18. The van der Waals surface area contributed by atoms with E-state index >= 15 is 0 Å². The molecule has 1 aromatic carbocycles. The Hall–Kier alpha value is -0.820. The Kier molecular flexibility index (Phi) is 2.13. The largest absolute Gasteiger partial charge is 0.374 e. The minimum Gasteiger partial charge on any atom is -0.374 e. The quantitative estimate of drug-likeness (QED) is 0.649. The van der Waals surface area contributed by atoms with Crippen LogP contribution in [-0.4, -0.2) is 6.61 Å². The lowest BCUT2D eigenvalue weighted by atomic mass is 10.1. The van der Waals surface area contributed by atoms with Crippen LogP contribution in [0.4, 0.5) is 0 Å². The Morgan fingerprint density at radius 1 is 1.42 bits per heavy atom. The zero-order valence-electron chi connectivity index (χ0n) is 7.42. The molecule has 0 fully saturated rings. The Bertz CT molecular complexity index is 265. The molecule has 0 bridgehead atoms. The maximum atomic E-state index is 5.63. The van der Waals surface area contributed by atoms with Gasteiger partial charge in [0.05, 0.1) is 6.10 Å². The van der Waals surface area contributed by atoms with Crippen molar-refractivity contribution in [2.75, 3.05) is 6.61 Å². The van der Waals surface area contributed by atoms with Gasteiger partial charge in [0.2, 0.25) is 0 Å². The summed E-state index contributed by atoms with van der Waals surface area (Å²) >= 11 is 0. The molecule has 0 N–H and O–H groups in total. The highest BCUT2D eigenvalue weighted by molar-refractivity contribution is 5.33. The second kappa shape index (κ2) is 3.28. The summed E-state index contributed by atoms with van der Waals surface area (Å²) in [7, 11) is 0. The molecular weight excluding hydrogens is 148 g/mol. The fraction of sp³-hybridized carbons (Fsp3) is 0.455. The zero-order chi connectivity index (χ0) is 8.39. The van der Waals surface area contributed by atoms with Crippen LogP contribution in [0.25, 0.3) is 0 Å². The van der Waals surface area contributed by atoms with E-state index in [0.717, 1.165) is 13.0 Å². The van der Waals surface area contributed by atoms with Gasteiger partial charge in [-0.25, -0.2) is 0 Å².